The van der Waals surface area contributed by atoms with Gasteiger partial charge in [0.15, 0.2) is 5.82 Å². The maximum Gasteiger partial charge on any atom is 0.197 e. The SMILES string of the molecule is NN=Nc1ccn(-c2ccccc2)n1. The van der Waals surface area contributed by atoms with Crippen LogP contribution in [-0.2, 0) is 0 Å². The van der Waals surface area contributed by atoms with Gasteiger partial charge in [-0.15, -0.1) is 10.2 Å². The van der Waals surface area contributed by atoms with Gasteiger partial charge in [0.25, 0.3) is 0 Å². The Morgan fingerprint density at radius 3 is 2.64 bits per heavy atom. The number of hydrogen-bond donors (Lipinski definition) is 1. The first-order valence-corrected chi connectivity index (χ1v) is 4.12. The molecule has 0 saturated heterocycles. The molecule has 2 rings (SSSR count). The van der Waals surface area contributed by atoms with Crippen molar-refractivity contribution in [3.8, 4) is 5.69 Å². The normalized spacial score (nSPS) is 10.9. The predicted octanol–water partition coefficient (Wildman–Crippen LogP) is 1.83. The number of nitrogens with zero attached hydrogens (tertiary/aromatic N) is 4. The Balaban J connectivity index is 2.34. The Morgan fingerprint density at radius 2 is 1.93 bits per heavy atom. The molecule has 0 unspecified atom stereocenters. The highest BCUT2D eigenvalue weighted by Crippen LogP contribution is 2.11. The van der Waals surface area contributed by atoms with E-state index >= 15 is 0 Å². The minimum Gasteiger partial charge on any atom is -0.305 e. The summed E-state index contributed by atoms with van der Waals surface area (Å²) in [5.41, 5.74) is 0.978. The lowest BCUT2D eigenvalue weighted by atomic mass is 10.3. The quantitative estimate of drug-likeness (QED) is 0.442. The zero-order valence-electron chi connectivity index (χ0n) is 7.41. The summed E-state index contributed by atoms with van der Waals surface area (Å²) in [7, 11) is 0. The maximum absolute atomic E-state index is 4.92. The van der Waals surface area contributed by atoms with Crippen LogP contribution in [0.5, 0.6) is 0 Å². The van der Waals surface area contributed by atoms with E-state index < -0.39 is 0 Å². The van der Waals surface area contributed by atoms with Crippen LogP contribution >= 0.6 is 0 Å². The molecule has 2 N–H and O–H groups in total. The largest absolute Gasteiger partial charge is 0.305 e. The molecule has 1 aromatic carbocycles. The smallest absolute Gasteiger partial charge is 0.197 e. The number of para-hydroxylation sites is 1. The molecule has 0 bridgehead atoms. The molecule has 5 nitrogen and oxygen atoms in total. The third-order valence-corrected chi connectivity index (χ3v) is 1.76. The first kappa shape index (κ1) is 8.43. The molecule has 1 heterocycles. The Kier molecular flexibility index (Phi) is 2.22. The van der Waals surface area contributed by atoms with E-state index in [4.69, 9.17) is 5.84 Å². The molecule has 0 aliphatic carbocycles. The zero-order chi connectivity index (χ0) is 9.80. The van der Waals surface area contributed by atoms with Crippen LogP contribution in [-0.4, -0.2) is 9.78 Å². The molecule has 70 valence electrons. The van der Waals surface area contributed by atoms with Crippen molar-refractivity contribution < 1.29 is 0 Å². The van der Waals surface area contributed by atoms with Crippen LogP contribution in [0.1, 0.15) is 0 Å². The fraction of sp³-hybridized carbons (Fsp3) is 0. The minimum atomic E-state index is 0.497. The first-order chi connectivity index (χ1) is 6.90. The topological polar surface area (TPSA) is 68.6 Å². The third kappa shape index (κ3) is 1.61. The van der Waals surface area contributed by atoms with Crippen molar-refractivity contribution in [2.24, 2.45) is 16.2 Å². The number of aromatic nitrogens is 2. The third-order valence-electron chi connectivity index (χ3n) is 1.76. The summed E-state index contributed by atoms with van der Waals surface area (Å²) in [6, 6.07) is 11.5. The number of nitrogens with two attached hydrogens (primary N) is 1. The molecular weight excluding hydrogens is 178 g/mol. The van der Waals surface area contributed by atoms with Crippen molar-refractivity contribution in [1.82, 2.24) is 9.78 Å². The number of benzene rings is 1. The summed E-state index contributed by atoms with van der Waals surface area (Å²) >= 11 is 0. The molecule has 0 spiro atoms. The highest BCUT2D eigenvalue weighted by atomic mass is 15.4. The molecule has 0 fully saturated rings. The van der Waals surface area contributed by atoms with Gasteiger partial charge >= 0.3 is 0 Å². The fourth-order valence-corrected chi connectivity index (χ4v) is 1.15. The summed E-state index contributed by atoms with van der Waals surface area (Å²) in [6.07, 6.45) is 1.80. The molecule has 0 atom stereocenters. The fourth-order valence-electron chi connectivity index (χ4n) is 1.15. The van der Waals surface area contributed by atoms with E-state index in [0.717, 1.165) is 5.69 Å². The molecule has 2 aromatic rings. The van der Waals surface area contributed by atoms with Gasteiger partial charge in [-0.1, -0.05) is 23.4 Å². The average Bonchev–Trinajstić information content (AvgIpc) is 2.68. The molecular formula is C9H9N5. The molecule has 5 heteroatoms. The van der Waals surface area contributed by atoms with E-state index in [1.807, 2.05) is 30.3 Å². The van der Waals surface area contributed by atoms with Gasteiger partial charge in [0.1, 0.15) is 0 Å². The summed E-state index contributed by atoms with van der Waals surface area (Å²) in [6.45, 7) is 0. The maximum atomic E-state index is 4.92. The van der Waals surface area contributed by atoms with Gasteiger partial charge in [-0.25, -0.2) is 4.68 Å². The second-order valence-electron chi connectivity index (χ2n) is 2.67. The standard InChI is InChI=1S/C9H9N5/c10-13-11-9-6-7-14(12-9)8-4-2-1-3-5-8/h1-7H,(H2,10,11,12). The molecule has 0 saturated carbocycles. The Hall–Kier alpha value is -2.17. The van der Waals surface area contributed by atoms with Gasteiger partial charge in [0, 0.05) is 12.3 Å². The van der Waals surface area contributed by atoms with E-state index in [-0.39, 0.29) is 0 Å². The highest BCUT2D eigenvalue weighted by molar-refractivity contribution is 5.33. The Labute approximate surface area is 80.9 Å². The van der Waals surface area contributed by atoms with Gasteiger partial charge in [0.2, 0.25) is 0 Å². The van der Waals surface area contributed by atoms with Crippen molar-refractivity contribution in [2.45, 2.75) is 0 Å². The first-order valence-electron chi connectivity index (χ1n) is 4.12. The lowest BCUT2D eigenvalue weighted by Gasteiger charge is -1.98. The zero-order valence-corrected chi connectivity index (χ0v) is 7.41. The molecule has 0 radical (unpaired) electrons. The monoisotopic (exact) mass is 187 g/mol. The van der Waals surface area contributed by atoms with E-state index in [0.29, 0.717) is 5.82 Å². The average molecular weight is 187 g/mol. The Morgan fingerprint density at radius 1 is 1.14 bits per heavy atom. The lowest BCUT2D eigenvalue weighted by molar-refractivity contribution is 0.869. The van der Waals surface area contributed by atoms with Crippen LogP contribution in [0.4, 0.5) is 5.82 Å². The minimum absolute atomic E-state index is 0.497. The summed E-state index contributed by atoms with van der Waals surface area (Å²) in [5.74, 6) is 5.41. The van der Waals surface area contributed by atoms with Crippen LogP contribution in [0, 0.1) is 0 Å². The highest BCUT2D eigenvalue weighted by Gasteiger charge is 1.98. The second-order valence-corrected chi connectivity index (χ2v) is 2.67. The van der Waals surface area contributed by atoms with Crippen molar-refractivity contribution in [1.29, 1.82) is 0 Å². The lowest BCUT2D eigenvalue weighted by Crippen LogP contribution is -1.92. The summed E-state index contributed by atoms with van der Waals surface area (Å²) < 4.78 is 1.71. The summed E-state index contributed by atoms with van der Waals surface area (Å²) in [4.78, 5) is 0. The molecule has 0 aliphatic rings. The van der Waals surface area contributed by atoms with Crippen LogP contribution in [0.2, 0.25) is 0 Å². The Bertz CT molecular complexity index is 431. The predicted molar refractivity (Wildman–Crippen MR) is 52.3 cm³/mol. The van der Waals surface area contributed by atoms with Crippen molar-refractivity contribution in [2.75, 3.05) is 0 Å². The van der Waals surface area contributed by atoms with Gasteiger partial charge in [0.05, 0.1) is 5.69 Å². The molecule has 0 amide bonds. The van der Waals surface area contributed by atoms with E-state index in [2.05, 4.69) is 15.4 Å². The van der Waals surface area contributed by atoms with Crippen LogP contribution in [0.15, 0.2) is 52.9 Å². The van der Waals surface area contributed by atoms with Crippen LogP contribution in [0.25, 0.3) is 5.69 Å². The molecule has 1 aromatic heterocycles. The van der Waals surface area contributed by atoms with E-state index in [1.54, 1.807) is 16.9 Å². The van der Waals surface area contributed by atoms with Gasteiger partial charge in [-0.2, -0.15) is 0 Å². The number of hydrogen-bond acceptors (Lipinski definition) is 3. The van der Waals surface area contributed by atoms with Gasteiger partial charge < -0.3 is 5.84 Å². The number of rotatable bonds is 2. The van der Waals surface area contributed by atoms with Gasteiger partial charge in [-0.3, -0.25) is 0 Å². The van der Waals surface area contributed by atoms with Crippen molar-refractivity contribution in [3.05, 3.63) is 42.6 Å². The molecule has 14 heavy (non-hydrogen) atoms. The van der Waals surface area contributed by atoms with Crippen molar-refractivity contribution >= 4 is 5.82 Å². The summed E-state index contributed by atoms with van der Waals surface area (Å²) in [5, 5.41) is 10.9. The molecule has 0 aliphatic heterocycles. The van der Waals surface area contributed by atoms with E-state index in [9.17, 15) is 0 Å². The van der Waals surface area contributed by atoms with Gasteiger partial charge in [-0.05, 0) is 12.1 Å². The van der Waals surface area contributed by atoms with Crippen LogP contribution in [0.3, 0.4) is 0 Å². The van der Waals surface area contributed by atoms with Crippen LogP contribution < -0.4 is 5.84 Å². The van der Waals surface area contributed by atoms with Crippen molar-refractivity contribution in [3.63, 3.8) is 0 Å². The second kappa shape index (κ2) is 3.69. The van der Waals surface area contributed by atoms with E-state index in [1.165, 1.54) is 0 Å².